The summed E-state index contributed by atoms with van der Waals surface area (Å²) >= 11 is 14.8. The molecular weight excluding hydrogens is 576 g/mol. The first-order chi connectivity index (χ1) is 15.9. The Balaban J connectivity index is 1.61. The van der Waals surface area contributed by atoms with Crippen LogP contribution in [0.15, 0.2) is 71.4 Å². The van der Waals surface area contributed by atoms with Crippen molar-refractivity contribution in [1.82, 2.24) is 0 Å². The van der Waals surface area contributed by atoms with Crippen LogP contribution in [-0.2, 0) is 16.1 Å². The maximum absolute atomic E-state index is 12.4. The third-order valence-electron chi connectivity index (χ3n) is 4.62. The first kappa shape index (κ1) is 23.6. The van der Waals surface area contributed by atoms with E-state index in [0.29, 0.717) is 33.7 Å². The number of hydrogen-bond donors (Lipinski definition) is 0. The van der Waals surface area contributed by atoms with Crippen LogP contribution in [0.5, 0.6) is 11.5 Å². The topological polar surface area (TPSA) is 57.1 Å². The molecule has 0 N–H and O–H groups in total. The highest BCUT2D eigenvalue weighted by atomic mass is 127. The highest BCUT2D eigenvalue weighted by Crippen LogP contribution is 2.38. The Kier molecular flexibility index (Phi) is 7.57. The third kappa shape index (κ3) is 5.88. The van der Waals surface area contributed by atoms with Crippen molar-refractivity contribution in [2.45, 2.75) is 13.5 Å². The molecule has 4 rings (SSSR count). The molecule has 168 valence electrons. The van der Waals surface area contributed by atoms with Gasteiger partial charge in [-0.2, -0.15) is 0 Å². The van der Waals surface area contributed by atoms with Crippen molar-refractivity contribution in [3.05, 3.63) is 96.7 Å². The standard InChI is InChI=1S/C25H18Cl2INO4/c1-2-31-22-13-16(11-20(27)23(22)32-14-15-4-3-5-18(26)10-15)12-21-25(30)33-24(29-21)17-6-8-19(28)9-7-17/h3-13H,2,14H2,1H3/b21-12-. The van der Waals surface area contributed by atoms with Crippen LogP contribution in [0.3, 0.4) is 0 Å². The van der Waals surface area contributed by atoms with Gasteiger partial charge in [0.05, 0.1) is 11.6 Å². The van der Waals surface area contributed by atoms with Gasteiger partial charge in [0.1, 0.15) is 6.61 Å². The number of benzene rings is 3. The number of cyclic esters (lactones) is 1. The van der Waals surface area contributed by atoms with Gasteiger partial charge in [-0.05, 0) is 95.2 Å². The molecule has 0 saturated heterocycles. The Labute approximate surface area is 215 Å². The Morgan fingerprint density at radius 1 is 1.06 bits per heavy atom. The summed E-state index contributed by atoms with van der Waals surface area (Å²) in [5.41, 5.74) is 2.44. The lowest BCUT2D eigenvalue weighted by Gasteiger charge is -2.14. The van der Waals surface area contributed by atoms with Crippen molar-refractivity contribution in [1.29, 1.82) is 0 Å². The molecule has 0 atom stereocenters. The van der Waals surface area contributed by atoms with Gasteiger partial charge in [0.15, 0.2) is 17.2 Å². The van der Waals surface area contributed by atoms with Crippen LogP contribution in [0.2, 0.25) is 10.0 Å². The summed E-state index contributed by atoms with van der Waals surface area (Å²) < 4.78 is 18.1. The second-order valence-corrected chi connectivity index (χ2v) is 9.11. The number of carbonyl (C=O) groups is 1. The summed E-state index contributed by atoms with van der Waals surface area (Å²) in [4.78, 5) is 16.7. The van der Waals surface area contributed by atoms with Gasteiger partial charge in [0, 0.05) is 14.2 Å². The molecule has 8 heteroatoms. The minimum absolute atomic E-state index is 0.176. The molecule has 1 aliphatic rings. The molecule has 0 saturated carbocycles. The minimum Gasteiger partial charge on any atom is -0.490 e. The number of hydrogen-bond acceptors (Lipinski definition) is 5. The second-order valence-electron chi connectivity index (χ2n) is 7.02. The molecule has 3 aromatic carbocycles. The first-order valence-electron chi connectivity index (χ1n) is 10.0. The number of aliphatic imine (C=N–C) groups is 1. The lowest BCUT2D eigenvalue weighted by molar-refractivity contribution is -0.129. The lowest BCUT2D eigenvalue weighted by Crippen LogP contribution is -2.05. The molecular formula is C25H18Cl2INO4. The van der Waals surface area contributed by atoms with E-state index in [1.165, 1.54) is 0 Å². The Hall–Kier alpha value is -2.55. The Morgan fingerprint density at radius 2 is 1.85 bits per heavy atom. The predicted octanol–water partition coefficient (Wildman–Crippen LogP) is 6.92. The van der Waals surface area contributed by atoms with Crippen molar-refractivity contribution in [2.24, 2.45) is 4.99 Å². The largest absolute Gasteiger partial charge is 0.490 e. The average molecular weight is 594 g/mol. The Morgan fingerprint density at radius 3 is 2.58 bits per heavy atom. The fourth-order valence-electron chi connectivity index (χ4n) is 3.14. The maximum atomic E-state index is 12.4. The van der Waals surface area contributed by atoms with E-state index in [2.05, 4.69) is 27.6 Å². The molecule has 3 aromatic rings. The van der Waals surface area contributed by atoms with Crippen LogP contribution in [0.1, 0.15) is 23.6 Å². The van der Waals surface area contributed by atoms with Gasteiger partial charge in [-0.15, -0.1) is 0 Å². The highest BCUT2D eigenvalue weighted by molar-refractivity contribution is 14.1. The summed E-state index contributed by atoms with van der Waals surface area (Å²) in [6, 6.07) is 18.4. The van der Waals surface area contributed by atoms with Gasteiger partial charge in [0.25, 0.3) is 0 Å². The van der Waals surface area contributed by atoms with Crippen LogP contribution in [-0.4, -0.2) is 18.5 Å². The molecule has 1 aliphatic heterocycles. The second kappa shape index (κ2) is 10.6. The van der Waals surface area contributed by atoms with Crippen LogP contribution in [0.25, 0.3) is 6.08 Å². The smallest absolute Gasteiger partial charge is 0.363 e. The van der Waals surface area contributed by atoms with Crippen molar-refractivity contribution >= 4 is 63.7 Å². The number of ether oxygens (including phenoxy) is 3. The van der Waals surface area contributed by atoms with E-state index < -0.39 is 5.97 Å². The first-order valence-corrected chi connectivity index (χ1v) is 11.9. The van der Waals surface area contributed by atoms with Crippen LogP contribution in [0, 0.1) is 3.57 Å². The molecule has 0 amide bonds. The van der Waals surface area contributed by atoms with Crippen LogP contribution >= 0.6 is 45.8 Å². The van der Waals surface area contributed by atoms with Gasteiger partial charge in [-0.3, -0.25) is 0 Å². The van der Waals surface area contributed by atoms with Gasteiger partial charge < -0.3 is 14.2 Å². The molecule has 0 bridgehead atoms. The normalized spacial score (nSPS) is 14.2. The molecule has 0 aromatic heterocycles. The van der Waals surface area contributed by atoms with E-state index in [-0.39, 0.29) is 18.2 Å². The van der Waals surface area contributed by atoms with Crippen LogP contribution < -0.4 is 9.47 Å². The van der Waals surface area contributed by atoms with Gasteiger partial charge in [0.2, 0.25) is 5.90 Å². The number of rotatable bonds is 7. The van der Waals surface area contributed by atoms with E-state index in [4.69, 9.17) is 37.4 Å². The van der Waals surface area contributed by atoms with Crippen molar-refractivity contribution in [3.8, 4) is 11.5 Å². The number of halogens is 3. The minimum atomic E-state index is -0.529. The summed E-state index contributed by atoms with van der Waals surface area (Å²) in [6.07, 6.45) is 1.61. The molecule has 0 spiro atoms. The zero-order valence-corrected chi connectivity index (χ0v) is 21.1. The SMILES string of the molecule is CCOc1cc(/C=C2\N=C(c3ccc(I)cc3)OC2=O)cc(Cl)c1OCc1cccc(Cl)c1. The molecule has 33 heavy (non-hydrogen) atoms. The van der Waals surface area contributed by atoms with E-state index in [9.17, 15) is 4.79 Å². The molecule has 0 aliphatic carbocycles. The van der Waals surface area contributed by atoms with E-state index >= 15 is 0 Å². The van der Waals surface area contributed by atoms with Gasteiger partial charge in [-0.1, -0.05) is 35.3 Å². The average Bonchev–Trinajstić information content (AvgIpc) is 3.14. The fraction of sp³-hybridized carbons (Fsp3) is 0.120. The zero-order valence-electron chi connectivity index (χ0n) is 17.5. The third-order valence-corrected chi connectivity index (χ3v) is 5.85. The highest BCUT2D eigenvalue weighted by Gasteiger charge is 2.24. The number of nitrogens with zero attached hydrogens (tertiary/aromatic N) is 1. The van der Waals surface area contributed by atoms with Crippen molar-refractivity contribution < 1.29 is 19.0 Å². The van der Waals surface area contributed by atoms with E-state index in [1.807, 2.05) is 49.4 Å². The van der Waals surface area contributed by atoms with E-state index in [1.54, 1.807) is 24.3 Å². The quantitative estimate of drug-likeness (QED) is 0.169. The molecule has 0 radical (unpaired) electrons. The Bertz CT molecular complexity index is 1260. The fourth-order valence-corrected chi connectivity index (χ4v) is 3.99. The predicted molar refractivity (Wildman–Crippen MR) is 138 cm³/mol. The maximum Gasteiger partial charge on any atom is 0.363 e. The van der Waals surface area contributed by atoms with Crippen molar-refractivity contribution in [3.63, 3.8) is 0 Å². The summed E-state index contributed by atoms with van der Waals surface area (Å²) in [7, 11) is 0. The molecule has 1 heterocycles. The summed E-state index contributed by atoms with van der Waals surface area (Å²) in [5.74, 6) is 0.615. The molecule has 5 nitrogen and oxygen atoms in total. The lowest BCUT2D eigenvalue weighted by atomic mass is 10.1. The van der Waals surface area contributed by atoms with Crippen LogP contribution in [0.4, 0.5) is 0 Å². The van der Waals surface area contributed by atoms with Gasteiger partial charge in [-0.25, -0.2) is 9.79 Å². The zero-order chi connectivity index (χ0) is 23.4. The molecule has 0 fully saturated rings. The summed E-state index contributed by atoms with van der Waals surface area (Å²) in [5, 5.41) is 0.978. The van der Waals surface area contributed by atoms with Gasteiger partial charge >= 0.3 is 5.97 Å². The molecule has 0 unspecified atom stereocenters. The van der Waals surface area contributed by atoms with E-state index in [0.717, 1.165) is 14.7 Å². The monoisotopic (exact) mass is 593 g/mol. The number of esters is 1. The van der Waals surface area contributed by atoms with Crippen molar-refractivity contribution in [2.75, 3.05) is 6.61 Å². The summed E-state index contributed by atoms with van der Waals surface area (Å²) in [6.45, 7) is 2.56. The number of carbonyl (C=O) groups excluding carboxylic acids is 1.